The molecule has 92 valence electrons. The highest BCUT2D eigenvalue weighted by molar-refractivity contribution is 9.10. The molecule has 2 aromatic carbocycles. The van der Waals surface area contributed by atoms with E-state index in [2.05, 4.69) is 15.9 Å². The van der Waals surface area contributed by atoms with Crippen LogP contribution in [0.1, 0.15) is 5.56 Å². The lowest BCUT2D eigenvalue weighted by molar-refractivity contribution is -0.385. The summed E-state index contributed by atoms with van der Waals surface area (Å²) in [6, 6.07) is 12.0. The van der Waals surface area contributed by atoms with Gasteiger partial charge in [-0.2, -0.15) is 0 Å². The molecule has 18 heavy (non-hydrogen) atoms. The van der Waals surface area contributed by atoms with E-state index in [1.165, 1.54) is 12.1 Å². The van der Waals surface area contributed by atoms with E-state index in [-0.39, 0.29) is 5.69 Å². The van der Waals surface area contributed by atoms with Crippen LogP contribution in [-0.2, 0) is 0 Å². The number of benzene rings is 2. The van der Waals surface area contributed by atoms with Gasteiger partial charge in [-0.05, 0) is 24.6 Å². The quantitative estimate of drug-likeness (QED) is 0.621. The van der Waals surface area contributed by atoms with Gasteiger partial charge < -0.3 is 4.74 Å². The van der Waals surface area contributed by atoms with Gasteiger partial charge in [-0.3, -0.25) is 10.1 Å². The van der Waals surface area contributed by atoms with Crippen LogP contribution >= 0.6 is 15.9 Å². The van der Waals surface area contributed by atoms with Gasteiger partial charge in [0.05, 0.1) is 11.0 Å². The van der Waals surface area contributed by atoms with Crippen molar-refractivity contribution in [2.24, 2.45) is 0 Å². The van der Waals surface area contributed by atoms with Crippen LogP contribution in [-0.4, -0.2) is 4.92 Å². The van der Waals surface area contributed by atoms with E-state index in [0.29, 0.717) is 16.0 Å². The van der Waals surface area contributed by atoms with E-state index in [1.54, 1.807) is 6.07 Å². The number of aryl methyl sites for hydroxylation is 1. The molecule has 0 heterocycles. The Morgan fingerprint density at radius 2 is 1.94 bits per heavy atom. The van der Waals surface area contributed by atoms with Crippen molar-refractivity contribution in [3.63, 3.8) is 0 Å². The number of non-ortho nitro benzene ring substituents is 1. The summed E-state index contributed by atoms with van der Waals surface area (Å²) >= 11 is 3.23. The number of para-hydroxylation sites is 1. The third-order valence-corrected chi connectivity index (χ3v) is 2.85. The van der Waals surface area contributed by atoms with Gasteiger partial charge >= 0.3 is 0 Å². The molecule has 0 bridgehead atoms. The Balaban J connectivity index is 2.35. The molecule has 0 radical (unpaired) electrons. The number of rotatable bonds is 3. The minimum atomic E-state index is -0.449. The normalized spacial score (nSPS) is 10.1. The molecule has 4 nitrogen and oxygen atoms in total. The van der Waals surface area contributed by atoms with E-state index in [0.717, 1.165) is 5.56 Å². The first-order chi connectivity index (χ1) is 8.56. The van der Waals surface area contributed by atoms with Crippen LogP contribution in [0.2, 0.25) is 0 Å². The monoisotopic (exact) mass is 307 g/mol. The van der Waals surface area contributed by atoms with E-state index in [9.17, 15) is 10.1 Å². The van der Waals surface area contributed by atoms with E-state index in [1.807, 2.05) is 31.2 Å². The van der Waals surface area contributed by atoms with Crippen LogP contribution in [0.5, 0.6) is 11.5 Å². The molecule has 0 aromatic heterocycles. The number of nitro groups is 1. The van der Waals surface area contributed by atoms with Crippen molar-refractivity contribution in [2.75, 3.05) is 0 Å². The summed E-state index contributed by atoms with van der Waals surface area (Å²) in [5.41, 5.74) is 0.966. The number of hydrogen-bond donors (Lipinski definition) is 0. The minimum absolute atomic E-state index is 0.00652. The van der Waals surface area contributed by atoms with Crippen LogP contribution in [0, 0.1) is 17.0 Å². The van der Waals surface area contributed by atoms with Crippen LogP contribution in [0.3, 0.4) is 0 Å². The first-order valence-electron chi connectivity index (χ1n) is 5.25. The van der Waals surface area contributed by atoms with E-state index in [4.69, 9.17) is 4.74 Å². The third-order valence-electron chi connectivity index (χ3n) is 2.39. The molecule has 2 aromatic rings. The standard InChI is InChI=1S/C13H10BrNO3/c1-9-4-2-3-5-13(9)18-12-7-10(14)6-11(8-12)15(16)17/h2-8H,1H3. The fourth-order valence-electron chi connectivity index (χ4n) is 1.51. The number of hydrogen-bond acceptors (Lipinski definition) is 3. The van der Waals surface area contributed by atoms with Crippen LogP contribution in [0.4, 0.5) is 5.69 Å². The minimum Gasteiger partial charge on any atom is -0.457 e. The highest BCUT2D eigenvalue weighted by Gasteiger charge is 2.10. The molecule has 0 fully saturated rings. The number of nitrogens with zero attached hydrogens (tertiary/aromatic N) is 1. The van der Waals surface area contributed by atoms with Crippen molar-refractivity contribution in [1.82, 2.24) is 0 Å². The van der Waals surface area contributed by atoms with Gasteiger partial charge in [0.15, 0.2) is 0 Å². The SMILES string of the molecule is Cc1ccccc1Oc1cc(Br)cc([N+](=O)[O-])c1. The lowest BCUT2D eigenvalue weighted by atomic mass is 10.2. The Bertz CT molecular complexity index is 599. The Morgan fingerprint density at radius 3 is 2.61 bits per heavy atom. The van der Waals surface area contributed by atoms with Crippen LogP contribution < -0.4 is 4.74 Å². The van der Waals surface area contributed by atoms with Crippen LogP contribution in [0.25, 0.3) is 0 Å². The van der Waals surface area contributed by atoms with E-state index < -0.39 is 4.92 Å². The van der Waals surface area contributed by atoms with Crippen molar-refractivity contribution >= 4 is 21.6 Å². The highest BCUT2D eigenvalue weighted by Crippen LogP contribution is 2.30. The molecule has 0 aliphatic rings. The first kappa shape index (κ1) is 12.6. The molecule has 0 unspecified atom stereocenters. The second kappa shape index (κ2) is 5.18. The number of nitro benzene ring substituents is 1. The van der Waals surface area contributed by atoms with Gasteiger partial charge in [0.2, 0.25) is 0 Å². The maximum absolute atomic E-state index is 10.8. The zero-order chi connectivity index (χ0) is 13.1. The molecule has 0 aliphatic heterocycles. The molecule has 0 spiro atoms. The fraction of sp³-hybridized carbons (Fsp3) is 0.0769. The lowest BCUT2D eigenvalue weighted by Gasteiger charge is -2.08. The van der Waals surface area contributed by atoms with E-state index >= 15 is 0 Å². The third kappa shape index (κ3) is 2.87. The van der Waals surface area contributed by atoms with Gasteiger partial charge in [-0.15, -0.1) is 0 Å². The fourth-order valence-corrected chi connectivity index (χ4v) is 1.97. The highest BCUT2D eigenvalue weighted by atomic mass is 79.9. The summed E-state index contributed by atoms with van der Waals surface area (Å²) in [7, 11) is 0. The lowest BCUT2D eigenvalue weighted by Crippen LogP contribution is -1.91. The van der Waals surface area contributed by atoms with Crippen LogP contribution in [0.15, 0.2) is 46.9 Å². The summed E-state index contributed by atoms with van der Waals surface area (Å²) in [5.74, 6) is 1.12. The van der Waals surface area contributed by atoms with Gasteiger partial charge in [-0.1, -0.05) is 34.1 Å². The van der Waals surface area contributed by atoms with Crippen molar-refractivity contribution in [2.45, 2.75) is 6.92 Å². The zero-order valence-electron chi connectivity index (χ0n) is 9.59. The molecule has 0 aliphatic carbocycles. The molecule has 0 N–H and O–H groups in total. The van der Waals surface area contributed by atoms with Gasteiger partial charge in [0.1, 0.15) is 11.5 Å². The molecular weight excluding hydrogens is 298 g/mol. The van der Waals surface area contributed by atoms with Gasteiger partial charge in [-0.25, -0.2) is 0 Å². The summed E-state index contributed by atoms with van der Waals surface area (Å²) < 4.78 is 6.26. The Labute approximate surface area is 112 Å². The average Bonchev–Trinajstić information content (AvgIpc) is 2.31. The van der Waals surface area contributed by atoms with Crippen molar-refractivity contribution in [3.8, 4) is 11.5 Å². The molecule has 0 saturated heterocycles. The molecular formula is C13H10BrNO3. The molecule has 0 amide bonds. The summed E-state index contributed by atoms with van der Waals surface area (Å²) in [6.45, 7) is 1.92. The van der Waals surface area contributed by atoms with Gasteiger partial charge in [0.25, 0.3) is 5.69 Å². The predicted molar refractivity (Wildman–Crippen MR) is 72.0 cm³/mol. The number of ether oxygens (including phenoxy) is 1. The largest absolute Gasteiger partial charge is 0.457 e. The maximum atomic E-state index is 10.8. The topological polar surface area (TPSA) is 52.4 Å². The smallest absolute Gasteiger partial charge is 0.274 e. The summed E-state index contributed by atoms with van der Waals surface area (Å²) in [5, 5.41) is 10.8. The Hall–Kier alpha value is -1.88. The second-order valence-electron chi connectivity index (χ2n) is 3.77. The predicted octanol–water partition coefficient (Wildman–Crippen LogP) is 4.46. The first-order valence-corrected chi connectivity index (χ1v) is 6.04. The second-order valence-corrected chi connectivity index (χ2v) is 4.69. The summed E-state index contributed by atoms with van der Waals surface area (Å²) in [6.07, 6.45) is 0. The maximum Gasteiger partial charge on any atom is 0.274 e. The summed E-state index contributed by atoms with van der Waals surface area (Å²) in [4.78, 5) is 10.3. The number of halogens is 1. The molecule has 2 rings (SSSR count). The average molecular weight is 308 g/mol. The van der Waals surface area contributed by atoms with Crippen molar-refractivity contribution in [1.29, 1.82) is 0 Å². The Morgan fingerprint density at radius 1 is 1.22 bits per heavy atom. The molecule has 0 saturated carbocycles. The van der Waals surface area contributed by atoms with Crippen molar-refractivity contribution < 1.29 is 9.66 Å². The molecule has 5 heteroatoms. The Kier molecular flexibility index (Phi) is 3.62. The zero-order valence-corrected chi connectivity index (χ0v) is 11.2. The molecule has 0 atom stereocenters. The van der Waals surface area contributed by atoms with Gasteiger partial charge in [0, 0.05) is 10.5 Å². The van der Waals surface area contributed by atoms with Crippen molar-refractivity contribution in [3.05, 3.63) is 62.6 Å².